The molecule has 0 unspecified atom stereocenters. The highest BCUT2D eigenvalue weighted by Gasteiger charge is 2.50. The van der Waals surface area contributed by atoms with Gasteiger partial charge in [-0.1, -0.05) is 19.0 Å². The number of ether oxygens (including phenoxy) is 2. The fourth-order valence-electron chi connectivity index (χ4n) is 4.32. The van der Waals surface area contributed by atoms with Crippen molar-refractivity contribution >= 4 is 34.8 Å². The van der Waals surface area contributed by atoms with Crippen LogP contribution in [0.1, 0.15) is 49.1 Å². The maximum absolute atomic E-state index is 13.1. The van der Waals surface area contributed by atoms with Crippen LogP contribution in [0.25, 0.3) is 0 Å². The molecule has 4 heterocycles. The Kier molecular flexibility index (Phi) is 10.0. The molecule has 2 aliphatic rings. The quantitative estimate of drug-likeness (QED) is 0.266. The Labute approximate surface area is 236 Å². The number of nitrogens with one attached hydrogen (secondary N) is 3. The SMILES string of the molecule is CC(C)C[C@H](NC(=O)CNC(=O)[C@H](Cc1cscn1)NC(=O)c1cc(CN2CCOCC2)on1)C(=O)[C@@]1(C)CO1. The molecule has 0 spiro atoms. The molecule has 3 amide bonds. The molecule has 14 heteroatoms. The topological polar surface area (TPSA) is 168 Å². The largest absolute Gasteiger partial charge is 0.379 e. The number of hydrogen-bond donors (Lipinski definition) is 3. The number of hydrogen-bond acceptors (Lipinski definition) is 11. The van der Waals surface area contributed by atoms with Crippen molar-refractivity contribution in [3.8, 4) is 0 Å². The number of aromatic nitrogens is 2. The predicted molar refractivity (Wildman–Crippen MR) is 143 cm³/mol. The van der Waals surface area contributed by atoms with E-state index in [0.29, 0.717) is 44.2 Å². The molecule has 3 atom stereocenters. The van der Waals surface area contributed by atoms with Crippen molar-refractivity contribution < 1.29 is 33.2 Å². The lowest BCUT2D eigenvalue weighted by Gasteiger charge is -2.25. The molecule has 0 aliphatic carbocycles. The summed E-state index contributed by atoms with van der Waals surface area (Å²) in [6.45, 7) is 8.84. The van der Waals surface area contributed by atoms with Gasteiger partial charge in [0.15, 0.2) is 17.2 Å². The molecule has 2 aromatic rings. The number of Topliss-reactive ketones (excluding diaryl/α,β-unsaturated/α-hetero) is 1. The van der Waals surface area contributed by atoms with E-state index < -0.39 is 35.4 Å². The van der Waals surface area contributed by atoms with Crippen LogP contribution >= 0.6 is 11.3 Å². The number of rotatable bonds is 14. The summed E-state index contributed by atoms with van der Waals surface area (Å²) in [4.78, 5) is 57.9. The van der Waals surface area contributed by atoms with Crippen LogP contribution in [-0.2, 0) is 36.8 Å². The van der Waals surface area contributed by atoms with Crippen molar-refractivity contribution in [2.75, 3.05) is 39.5 Å². The van der Waals surface area contributed by atoms with E-state index in [1.54, 1.807) is 23.9 Å². The second-order valence-electron chi connectivity index (χ2n) is 10.6. The summed E-state index contributed by atoms with van der Waals surface area (Å²) >= 11 is 1.37. The van der Waals surface area contributed by atoms with Gasteiger partial charge in [0.1, 0.15) is 11.6 Å². The van der Waals surface area contributed by atoms with E-state index in [9.17, 15) is 19.2 Å². The lowest BCUT2D eigenvalue weighted by Crippen LogP contribution is -2.52. The molecule has 40 heavy (non-hydrogen) atoms. The van der Waals surface area contributed by atoms with Gasteiger partial charge in [-0.3, -0.25) is 24.1 Å². The number of amides is 3. The number of nitrogens with zero attached hydrogens (tertiary/aromatic N) is 3. The molecule has 2 saturated heterocycles. The van der Waals surface area contributed by atoms with Crippen molar-refractivity contribution in [2.45, 2.75) is 57.8 Å². The van der Waals surface area contributed by atoms with Crippen molar-refractivity contribution in [1.82, 2.24) is 31.0 Å². The van der Waals surface area contributed by atoms with Crippen molar-refractivity contribution in [2.24, 2.45) is 5.92 Å². The molecular weight excluding hydrogens is 540 g/mol. The van der Waals surface area contributed by atoms with Gasteiger partial charge in [-0.15, -0.1) is 11.3 Å². The van der Waals surface area contributed by atoms with Gasteiger partial charge < -0.3 is 29.9 Å². The van der Waals surface area contributed by atoms with E-state index >= 15 is 0 Å². The molecule has 0 saturated carbocycles. The number of thiazole rings is 1. The Morgan fingerprint density at radius 3 is 2.55 bits per heavy atom. The Morgan fingerprint density at radius 1 is 1.15 bits per heavy atom. The Balaban J connectivity index is 1.34. The van der Waals surface area contributed by atoms with Gasteiger partial charge in [-0.05, 0) is 19.3 Å². The second-order valence-corrected chi connectivity index (χ2v) is 11.3. The normalized spacial score (nSPS) is 20.5. The molecule has 0 aromatic carbocycles. The Bertz CT molecular complexity index is 1170. The zero-order valence-electron chi connectivity index (χ0n) is 22.9. The second kappa shape index (κ2) is 13.4. The molecular formula is C26H36N6O7S. The van der Waals surface area contributed by atoms with Crippen molar-refractivity contribution in [3.63, 3.8) is 0 Å². The molecule has 0 bridgehead atoms. The third-order valence-corrected chi connectivity index (χ3v) is 7.31. The molecule has 0 radical (unpaired) electrons. The maximum atomic E-state index is 13.1. The number of carbonyl (C=O) groups excluding carboxylic acids is 4. The molecule has 4 rings (SSSR count). The molecule has 2 aliphatic heterocycles. The fourth-order valence-corrected chi connectivity index (χ4v) is 4.89. The lowest BCUT2D eigenvalue weighted by molar-refractivity contribution is -0.131. The zero-order chi connectivity index (χ0) is 28.7. The van der Waals surface area contributed by atoms with E-state index in [2.05, 4.69) is 31.0 Å². The van der Waals surface area contributed by atoms with Crippen LogP contribution in [0, 0.1) is 5.92 Å². The molecule has 2 aromatic heterocycles. The third kappa shape index (κ3) is 8.40. The van der Waals surface area contributed by atoms with Crippen LogP contribution in [0.5, 0.6) is 0 Å². The van der Waals surface area contributed by atoms with Gasteiger partial charge in [0.2, 0.25) is 11.8 Å². The van der Waals surface area contributed by atoms with Gasteiger partial charge in [0, 0.05) is 31.0 Å². The van der Waals surface area contributed by atoms with E-state index in [-0.39, 0.29) is 30.4 Å². The van der Waals surface area contributed by atoms with Crippen LogP contribution in [0.2, 0.25) is 0 Å². The maximum Gasteiger partial charge on any atom is 0.274 e. The summed E-state index contributed by atoms with van der Waals surface area (Å²) < 4.78 is 15.9. The molecule has 218 valence electrons. The summed E-state index contributed by atoms with van der Waals surface area (Å²) in [6.07, 6.45) is 0.566. The summed E-state index contributed by atoms with van der Waals surface area (Å²) in [5, 5.41) is 13.6. The average molecular weight is 577 g/mol. The van der Waals surface area contributed by atoms with Gasteiger partial charge in [0.25, 0.3) is 5.91 Å². The Morgan fingerprint density at radius 2 is 1.90 bits per heavy atom. The minimum Gasteiger partial charge on any atom is -0.379 e. The van der Waals surface area contributed by atoms with Gasteiger partial charge in [-0.25, -0.2) is 4.98 Å². The number of epoxide rings is 1. The first-order chi connectivity index (χ1) is 19.1. The number of carbonyl (C=O) groups is 4. The highest BCUT2D eigenvalue weighted by molar-refractivity contribution is 7.07. The van der Waals surface area contributed by atoms with Crippen LogP contribution in [0.15, 0.2) is 21.5 Å². The smallest absolute Gasteiger partial charge is 0.274 e. The van der Waals surface area contributed by atoms with E-state index in [0.717, 1.165) is 13.1 Å². The molecule has 13 nitrogen and oxygen atoms in total. The van der Waals surface area contributed by atoms with Crippen molar-refractivity contribution in [1.29, 1.82) is 0 Å². The van der Waals surface area contributed by atoms with E-state index in [1.807, 2.05) is 13.8 Å². The highest BCUT2D eigenvalue weighted by Crippen LogP contribution is 2.29. The standard InChI is InChI=1S/C26H36N6O7S/c1-16(2)8-19(23(34)26(3)14-38-26)29-22(33)11-27-24(35)20(9-17-13-40-15-28-17)30-25(36)21-10-18(39-31-21)12-32-4-6-37-7-5-32/h10,13,15-16,19-20H,4-9,11-12,14H2,1-3H3,(H,27,35)(H,29,33)(H,30,36)/t19-,20-,26+/m0/s1. The van der Waals surface area contributed by atoms with Crippen LogP contribution in [0.3, 0.4) is 0 Å². The predicted octanol–water partition coefficient (Wildman–Crippen LogP) is 0.310. The third-order valence-electron chi connectivity index (χ3n) is 6.67. The highest BCUT2D eigenvalue weighted by atomic mass is 32.1. The number of morpholine rings is 1. The van der Waals surface area contributed by atoms with Crippen molar-refractivity contribution in [3.05, 3.63) is 34.1 Å². The summed E-state index contributed by atoms with van der Waals surface area (Å²) in [7, 11) is 0. The zero-order valence-corrected chi connectivity index (χ0v) is 23.8. The first-order valence-electron chi connectivity index (χ1n) is 13.3. The molecule has 3 N–H and O–H groups in total. The summed E-state index contributed by atoms with van der Waals surface area (Å²) in [6, 6.07) is -0.193. The molecule has 2 fully saturated rings. The van der Waals surface area contributed by atoms with E-state index in [4.69, 9.17) is 14.0 Å². The van der Waals surface area contributed by atoms with Gasteiger partial charge in [0.05, 0.1) is 50.2 Å². The van der Waals surface area contributed by atoms with Crippen LogP contribution < -0.4 is 16.0 Å². The fraction of sp³-hybridized carbons (Fsp3) is 0.615. The first-order valence-corrected chi connectivity index (χ1v) is 14.3. The summed E-state index contributed by atoms with van der Waals surface area (Å²) in [5.74, 6) is -1.17. The van der Waals surface area contributed by atoms with Gasteiger partial charge >= 0.3 is 0 Å². The Hall–Kier alpha value is -3.20. The van der Waals surface area contributed by atoms with Gasteiger partial charge in [-0.2, -0.15) is 0 Å². The van der Waals surface area contributed by atoms with Crippen LogP contribution in [0.4, 0.5) is 0 Å². The minimum absolute atomic E-state index is 0.0444. The number of ketones is 1. The summed E-state index contributed by atoms with van der Waals surface area (Å²) in [5.41, 5.74) is 1.42. The minimum atomic E-state index is -1.02. The monoisotopic (exact) mass is 576 g/mol. The average Bonchev–Trinajstić information content (AvgIpc) is 3.28. The first kappa shape index (κ1) is 29.8. The lowest BCUT2D eigenvalue weighted by atomic mass is 9.93. The van der Waals surface area contributed by atoms with E-state index in [1.165, 1.54) is 11.3 Å². The van der Waals surface area contributed by atoms with Crippen LogP contribution in [-0.4, -0.2) is 95.7 Å².